The van der Waals surface area contributed by atoms with E-state index in [1.807, 2.05) is 27.7 Å². The molecule has 0 fully saturated rings. The van der Waals surface area contributed by atoms with Gasteiger partial charge in [0, 0.05) is 0 Å². The average Bonchev–Trinajstić information content (AvgIpc) is 2.07. The van der Waals surface area contributed by atoms with Gasteiger partial charge in [-0.15, -0.1) is 0 Å². The Kier molecular flexibility index (Phi) is 9.75. The van der Waals surface area contributed by atoms with Crippen LogP contribution in [0.1, 0.15) is 55.4 Å². The van der Waals surface area contributed by atoms with Crippen molar-refractivity contribution in [2.45, 2.75) is 79.8 Å². The van der Waals surface area contributed by atoms with Gasteiger partial charge in [0.15, 0.2) is 0 Å². The Hall–Kier alpha value is 0.979. The summed E-state index contributed by atoms with van der Waals surface area (Å²) in [4.78, 5) is 0. The molecule has 0 saturated carbocycles. The second-order valence-electron chi connectivity index (χ2n) is 5.59. The van der Waals surface area contributed by atoms with Crippen molar-refractivity contribution in [3.05, 3.63) is 0 Å². The van der Waals surface area contributed by atoms with E-state index in [1.54, 1.807) is 27.7 Å². The molecular formula is C12H28O6P2Se. The zero-order chi connectivity index (χ0) is 16.8. The van der Waals surface area contributed by atoms with Crippen LogP contribution in [0.15, 0.2) is 0 Å². The van der Waals surface area contributed by atoms with Crippen LogP contribution in [0.3, 0.4) is 0 Å². The normalized spacial score (nSPS) is 13.9. The van der Waals surface area contributed by atoms with Gasteiger partial charge in [0.2, 0.25) is 0 Å². The molecule has 0 amide bonds. The van der Waals surface area contributed by atoms with Gasteiger partial charge in [-0.2, -0.15) is 0 Å². The van der Waals surface area contributed by atoms with Crippen LogP contribution in [-0.4, -0.2) is 39.5 Å². The summed E-state index contributed by atoms with van der Waals surface area (Å²) in [6, 6.07) is 0. The van der Waals surface area contributed by atoms with Gasteiger partial charge in [0.1, 0.15) is 0 Å². The average molecular weight is 409 g/mol. The van der Waals surface area contributed by atoms with Crippen LogP contribution >= 0.6 is 14.0 Å². The molecule has 128 valence electrons. The Balaban J connectivity index is 5.29. The summed E-state index contributed by atoms with van der Waals surface area (Å²) in [6.45, 7) is 14.4. The van der Waals surface area contributed by atoms with E-state index in [-0.39, 0.29) is 24.4 Å². The van der Waals surface area contributed by atoms with Crippen LogP contribution in [0.25, 0.3) is 0 Å². The molecule has 0 aromatic heterocycles. The Morgan fingerprint density at radius 1 is 0.667 bits per heavy atom. The summed E-state index contributed by atoms with van der Waals surface area (Å²) in [5.41, 5.74) is 0. The molecule has 9 heteroatoms. The maximum atomic E-state index is 12.8. The van der Waals surface area contributed by atoms with Crippen LogP contribution in [0, 0.1) is 0 Å². The molecule has 0 N–H and O–H groups in total. The van der Waals surface area contributed by atoms with E-state index >= 15 is 0 Å². The number of hydrogen-bond donors (Lipinski definition) is 0. The third-order valence-corrected chi connectivity index (χ3v) is 8.22. The number of hydrogen-bond acceptors (Lipinski definition) is 6. The minimum atomic E-state index is -3.80. The molecule has 0 heterocycles. The van der Waals surface area contributed by atoms with Crippen LogP contribution in [0.5, 0.6) is 0 Å². The molecule has 0 aromatic rings. The van der Waals surface area contributed by atoms with Gasteiger partial charge in [-0.3, -0.25) is 0 Å². The number of phosphoric acid groups is 1. The molecule has 0 aliphatic heterocycles. The summed E-state index contributed by atoms with van der Waals surface area (Å²) in [5, 5.41) is 0. The molecule has 0 aliphatic carbocycles. The van der Waals surface area contributed by atoms with Gasteiger partial charge in [-0.05, 0) is 0 Å². The Morgan fingerprint density at radius 2 is 0.952 bits per heavy atom. The van der Waals surface area contributed by atoms with Crippen LogP contribution in [0.2, 0.25) is 0 Å². The van der Waals surface area contributed by atoms with E-state index in [1.165, 1.54) is 0 Å². The summed E-state index contributed by atoms with van der Waals surface area (Å²) >= 11 is 2.77. The molecule has 0 atom stereocenters. The van der Waals surface area contributed by atoms with Gasteiger partial charge in [0.05, 0.1) is 0 Å². The molecule has 6 nitrogen and oxygen atoms in total. The zero-order valence-corrected chi connectivity index (χ0v) is 17.6. The number of rotatable bonds is 10. The predicted molar refractivity (Wildman–Crippen MR) is 86.2 cm³/mol. The zero-order valence-electron chi connectivity index (χ0n) is 14.1. The van der Waals surface area contributed by atoms with Gasteiger partial charge < -0.3 is 0 Å². The molecule has 0 rings (SSSR count). The Morgan fingerprint density at radius 3 is 1.19 bits per heavy atom. The second-order valence-corrected chi connectivity index (χ2v) is 11.7. The summed E-state index contributed by atoms with van der Waals surface area (Å²) in [6.07, 6.45) is -3.91. The first-order chi connectivity index (χ1) is 9.37. The van der Waals surface area contributed by atoms with Gasteiger partial charge in [-0.1, -0.05) is 0 Å². The fourth-order valence-corrected chi connectivity index (χ4v) is 8.75. The second kappa shape index (κ2) is 9.32. The van der Waals surface area contributed by atoms with Crippen molar-refractivity contribution in [1.82, 2.24) is 0 Å². The van der Waals surface area contributed by atoms with E-state index in [4.69, 9.17) is 22.4 Å². The van der Waals surface area contributed by atoms with Crippen molar-refractivity contribution in [3.63, 3.8) is 0 Å². The molecular weight excluding hydrogens is 381 g/mol. The molecule has 21 heavy (non-hydrogen) atoms. The van der Waals surface area contributed by atoms with Gasteiger partial charge in [0.25, 0.3) is 0 Å². The van der Waals surface area contributed by atoms with Crippen molar-refractivity contribution in [2.75, 3.05) is 0 Å². The first-order valence-corrected chi connectivity index (χ1v) is 12.2. The molecule has 0 aromatic carbocycles. The van der Waals surface area contributed by atoms with E-state index in [2.05, 4.69) is 15.1 Å². The van der Waals surface area contributed by atoms with Crippen molar-refractivity contribution in [2.24, 2.45) is 0 Å². The van der Waals surface area contributed by atoms with Gasteiger partial charge in [-0.25, -0.2) is 0 Å². The summed E-state index contributed by atoms with van der Waals surface area (Å²) < 4.78 is 40.5. The van der Waals surface area contributed by atoms with Crippen molar-refractivity contribution < 1.29 is 27.0 Å². The molecule has 0 unspecified atom stereocenters. The predicted octanol–water partition coefficient (Wildman–Crippen LogP) is 4.66. The van der Waals surface area contributed by atoms with E-state index in [9.17, 15) is 4.57 Å². The fourth-order valence-electron chi connectivity index (χ4n) is 1.28. The maximum absolute atomic E-state index is 12.8. The molecule has 0 radical (unpaired) electrons. The third-order valence-electron chi connectivity index (χ3n) is 1.56. The summed E-state index contributed by atoms with van der Waals surface area (Å²) in [5.74, 6) is 0. The first kappa shape index (κ1) is 22.0. The van der Waals surface area contributed by atoms with E-state index < -0.39 is 14.0 Å². The van der Waals surface area contributed by atoms with Crippen LogP contribution in [0.4, 0.5) is 0 Å². The molecule has 0 bridgehead atoms. The third kappa shape index (κ3) is 10.4. The molecule has 0 spiro atoms. The fraction of sp³-hybridized carbons (Fsp3) is 1.00. The Bertz CT molecular complexity index is 333. The number of phosphoric ester groups is 1. The first-order valence-electron chi connectivity index (χ1n) is 7.02. The summed E-state index contributed by atoms with van der Waals surface area (Å²) in [7, 11) is -3.80. The van der Waals surface area contributed by atoms with E-state index in [0.29, 0.717) is 0 Å². The van der Waals surface area contributed by atoms with Crippen LogP contribution in [-0.2, 0) is 27.0 Å². The SMILES string of the molecule is CC(C)OP(=O)(OC(C)C)OP(=[Se])(OC(C)C)OC(C)C. The topological polar surface area (TPSA) is 63.2 Å². The van der Waals surface area contributed by atoms with Crippen molar-refractivity contribution in [3.8, 4) is 0 Å². The van der Waals surface area contributed by atoms with Crippen molar-refractivity contribution >= 4 is 29.1 Å². The van der Waals surface area contributed by atoms with Crippen molar-refractivity contribution in [1.29, 1.82) is 0 Å². The van der Waals surface area contributed by atoms with E-state index in [0.717, 1.165) is 0 Å². The quantitative estimate of drug-likeness (QED) is 0.387. The monoisotopic (exact) mass is 410 g/mol. The van der Waals surface area contributed by atoms with Crippen LogP contribution < -0.4 is 0 Å². The standard InChI is InChI=1S/C12H28O6P2Se/c1-9(2)14-19(13,15-10(3)4)18-20(21,16-11(5)6)17-12(7)8/h9-12H,1-8H3. The molecule has 0 saturated heterocycles. The molecule has 0 aliphatic rings. The minimum absolute atomic E-state index is 0.162. The van der Waals surface area contributed by atoms with Gasteiger partial charge >= 0.3 is 136 Å². The Labute approximate surface area is 136 Å².